The van der Waals surface area contributed by atoms with Crippen molar-refractivity contribution >= 4 is 17.7 Å². The third kappa shape index (κ3) is 5.31. The van der Waals surface area contributed by atoms with Crippen molar-refractivity contribution in [1.82, 2.24) is 4.90 Å². The highest BCUT2D eigenvalue weighted by Crippen LogP contribution is 2.33. The zero-order valence-electron chi connectivity index (χ0n) is 16.6. The van der Waals surface area contributed by atoms with Crippen molar-refractivity contribution in [1.29, 1.82) is 0 Å². The number of carboxylic acid groups (broad SMARTS) is 1. The summed E-state index contributed by atoms with van der Waals surface area (Å²) in [5.41, 5.74) is -0.784. The molecule has 0 aromatic rings. The molecule has 0 spiro atoms. The zero-order valence-corrected chi connectivity index (χ0v) is 16.6. The van der Waals surface area contributed by atoms with E-state index < -0.39 is 29.1 Å². The van der Waals surface area contributed by atoms with Crippen LogP contribution >= 0.6 is 0 Å². The smallest absolute Gasteiger partial charge is 0.326 e. The largest absolute Gasteiger partial charge is 0.480 e. The van der Waals surface area contributed by atoms with Crippen LogP contribution in [0, 0.1) is 17.3 Å². The number of hydrogen-bond donors (Lipinski definition) is 1. The monoisotopic (exact) mass is 365 g/mol. The molecule has 5 heteroatoms. The first kappa shape index (κ1) is 20.9. The minimum absolute atomic E-state index is 0.0402. The minimum atomic E-state index is -0.970. The van der Waals surface area contributed by atoms with E-state index in [1.165, 1.54) is 37.0 Å². The highest BCUT2D eigenvalue weighted by atomic mass is 16.4. The molecule has 2 aliphatic rings. The number of likely N-dealkylation sites (tertiary alicyclic amines) is 1. The Balaban J connectivity index is 1.98. The molecule has 1 saturated heterocycles. The lowest BCUT2D eigenvalue weighted by Gasteiger charge is -2.39. The zero-order chi connectivity index (χ0) is 19.3. The second-order valence-corrected chi connectivity index (χ2v) is 9.20. The van der Waals surface area contributed by atoms with E-state index in [2.05, 4.69) is 0 Å². The van der Waals surface area contributed by atoms with Crippen LogP contribution in [0.5, 0.6) is 0 Å². The first-order chi connectivity index (χ1) is 12.2. The van der Waals surface area contributed by atoms with Crippen molar-refractivity contribution in [3.05, 3.63) is 0 Å². The molecule has 26 heavy (non-hydrogen) atoms. The van der Waals surface area contributed by atoms with E-state index in [0.29, 0.717) is 6.54 Å². The SMILES string of the molecule is CC(C)(C)C(=O)C(=O)N1CCCC(CCCC2CCCCC2)C1C(=O)O. The molecule has 2 rings (SSSR count). The molecule has 2 unspecified atom stereocenters. The van der Waals surface area contributed by atoms with Crippen LogP contribution in [-0.2, 0) is 14.4 Å². The number of ketones is 1. The van der Waals surface area contributed by atoms with Crippen LogP contribution in [0.1, 0.15) is 85.0 Å². The summed E-state index contributed by atoms with van der Waals surface area (Å²) in [6, 6.07) is -0.853. The fourth-order valence-electron chi connectivity index (χ4n) is 4.54. The predicted octanol–water partition coefficient (Wildman–Crippen LogP) is 4.04. The van der Waals surface area contributed by atoms with Gasteiger partial charge in [0, 0.05) is 12.0 Å². The van der Waals surface area contributed by atoms with Gasteiger partial charge < -0.3 is 10.0 Å². The summed E-state index contributed by atoms with van der Waals surface area (Å²) in [6.45, 7) is 5.48. The van der Waals surface area contributed by atoms with Gasteiger partial charge in [0.1, 0.15) is 6.04 Å². The van der Waals surface area contributed by atoms with Crippen molar-refractivity contribution in [3.63, 3.8) is 0 Å². The fourth-order valence-corrected chi connectivity index (χ4v) is 4.54. The van der Waals surface area contributed by atoms with Crippen molar-refractivity contribution in [2.24, 2.45) is 17.3 Å². The maximum atomic E-state index is 12.6. The molecular formula is C21H35NO4. The summed E-state index contributed by atoms with van der Waals surface area (Å²) in [7, 11) is 0. The standard InChI is InChI=1S/C21H35NO4/c1-21(2,3)18(23)19(24)22-14-8-13-16(17(22)20(25)26)12-7-11-15-9-5-4-6-10-15/h15-17H,4-14H2,1-3H3,(H,25,26). The summed E-state index contributed by atoms with van der Waals surface area (Å²) in [6.07, 6.45) is 11.2. The van der Waals surface area contributed by atoms with E-state index in [0.717, 1.165) is 38.0 Å². The van der Waals surface area contributed by atoms with Crippen LogP contribution in [0.4, 0.5) is 0 Å². The summed E-state index contributed by atoms with van der Waals surface area (Å²) in [4.78, 5) is 38.3. The van der Waals surface area contributed by atoms with Crippen LogP contribution in [0.25, 0.3) is 0 Å². The average molecular weight is 366 g/mol. The Labute approximate surface area is 157 Å². The molecule has 1 saturated carbocycles. The lowest BCUT2D eigenvalue weighted by atomic mass is 9.81. The molecule has 148 valence electrons. The number of Topliss-reactive ketones (excluding diaryl/α,β-unsaturated/α-hetero) is 1. The highest BCUT2D eigenvalue weighted by Gasteiger charge is 2.43. The van der Waals surface area contributed by atoms with Gasteiger partial charge >= 0.3 is 5.97 Å². The van der Waals surface area contributed by atoms with E-state index in [-0.39, 0.29) is 5.92 Å². The Hall–Kier alpha value is -1.39. The van der Waals surface area contributed by atoms with Gasteiger partial charge in [-0.1, -0.05) is 65.7 Å². The number of amides is 1. The number of nitrogens with zero attached hydrogens (tertiary/aromatic N) is 1. The molecular weight excluding hydrogens is 330 g/mol. The third-order valence-corrected chi connectivity index (χ3v) is 6.06. The average Bonchev–Trinajstić information content (AvgIpc) is 2.60. The second-order valence-electron chi connectivity index (χ2n) is 9.20. The molecule has 1 amide bonds. The lowest BCUT2D eigenvalue weighted by molar-refractivity contribution is -0.160. The Morgan fingerprint density at radius 2 is 1.62 bits per heavy atom. The number of carboxylic acids is 1. The van der Waals surface area contributed by atoms with Gasteiger partial charge in [-0.25, -0.2) is 4.79 Å². The second kappa shape index (κ2) is 9.01. The molecule has 1 heterocycles. The highest BCUT2D eigenvalue weighted by molar-refractivity contribution is 6.38. The molecule has 1 aliphatic heterocycles. The molecule has 0 radical (unpaired) electrons. The normalized spacial score (nSPS) is 25.1. The van der Waals surface area contributed by atoms with Gasteiger partial charge in [-0.2, -0.15) is 0 Å². The topological polar surface area (TPSA) is 74.7 Å². The van der Waals surface area contributed by atoms with Gasteiger partial charge in [-0.3, -0.25) is 9.59 Å². The number of piperidine rings is 1. The number of carbonyl (C=O) groups excluding carboxylic acids is 2. The molecule has 5 nitrogen and oxygen atoms in total. The summed E-state index contributed by atoms with van der Waals surface area (Å²) >= 11 is 0. The van der Waals surface area contributed by atoms with E-state index in [4.69, 9.17) is 0 Å². The maximum Gasteiger partial charge on any atom is 0.326 e. The number of hydrogen-bond acceptors (Lipinski definition) is 3. The van der Waals surface area contributed by atoms with Crippen LogP contribution in [0.3, 0.4) is 0 Å². The molecule has 0 bridgehead atoms. The van der Waals surface area contributed by atoms with E-state index in [1.807, 2.05) is 0 Å². The first-order valence-electron chi connectivity index (χ1n) is 10.3. The maximum absolute atomic E-state index is 12.6. The van der Waals surface area contributed by atoms with Gasteiger partial charge in [-0.05, 0) is 31.1 Å². The van der Waals surface area contributed by atoms with E-state index in [9.17, 15) is 19.5 Å². The summed E-state index contributed by atoms with van der Waals surface area (Å²) in [5.74, 6) is -1.34. The minimum Gasteiger partial charge on any atom is -0.480 e. The quantitative estimate of drug-likeness (QED) is 0.721. The molecule has 0 aromatic heterocycles. The Kier molecular flexibility index (Phi) is 7.24. The Morgan fingerprint density at radius 1 is 0.962 bits per heavy atom. The third-order valence-electron chi connectivity index (χ3n) is 6.06. The number of carbonyl (C=O) groups is 3. The number of rotatable bonds is 6. The van der Waals surface area contributed by atoms with Crippen molar-refractivity contribution in [2.75, 3.05) is 6.54 Å². The summed E-state index contributed by atoms with van der Waals surface area (Å²) in [5, 5.41) is 9.76. The van der Waals surface area contributed by atoms with Crippen molar-refractivity contribution < 1.29 is 19.5 Å². The first-order valence-corrected chi connectivity index (χ1v) is 10.3. The fraction of sp³-hybridized carbons (Fsp3) is 0.857. The summed E-state index contributed by atoms with van der Waals surface area (Å²) < 4.78 is 0. The van der Waals surface area contributed by atoms with E-state index in [1.54, 1.807) is 20.8 Å². The van der Waals surface area contributed by atoms with Gasteiger partial charge in [0.25, 0.3) is 5.91 Å². The molecule has 1 N–H and O–H groups in total. The Bertz CT molecular complexity index is 517. The van der Waals surface area contributed by atoms with Crippen LogP contribution in [-0.4, -0.2) is 40.3 Å². The van der Waals surface area contributed by atoms with Crippen molar-refractivity contribution in [3.8, 4) is 0 Å². The molecule has 1 aliphatic carbocycles. The van der Waals surface area contributed by atoms with Gasteiger partial charge in [-0.15, -0.1) is 0 Å². The van der Waals surface area contributed by atoms with E-state index >= 15 is 0 Å². The van der Waals surface area contributed by atoms with Gasteiger partial charge in [0.05, 0.1) is 0 Å². The molecule has 2 fully saturated rings. The van der Waals surface area contributed by atoms with Crippen LogP contribution < -0.4 is 0 Å². The number of aliphatic carboxylic acids is 1. The molecule has 0 aromatic carbocycles. The predicted molar refractivity (Wildman–Crippen MR) is 101 cm³/mol. The van der Waals surface area contributed by atoms with Crippen LogP contribution in [0.2, 0.25) is 0 Å². The molecule has 2 atom stereocenters. The van der Waals surface area contributed by atoms with Gasteiger partial charge in [0.15, 0.2) is 0 Å². The Morgan fingerprint density at radius 3 is 2.19 bits per heavy atom. The lowest BCUT2D eigenvalue weighted by Crippen LogP contribution is -2.55. The van der Waals surface area contributed by atoms with Crippen molar-refractivity contribution in [2.45, 2.75) is 91.0 Å². The van der Waals surface area contributed by atoms with Gasteiger partial charge in [0.2, 0.25) is 5.78 Å². The van der Waals surface area contributed by atoms with Crippen LogP contribution in [0.15, 0.2) is 0 Å².